The molecule has 1 saturated heterocycles. The maximum Gasteiger partial charge on any atom is 0.472 e. The second kappa shape index (κ2) is 9.65. The van der Waals surface area contributed by atoms with Crippen LogP contribution in [0.4, 0.5) is 0 Å². The third kappa shape index (κ3) is 7.51. The topological polar surface area (TPSA) is 204 Å². The highest BCUT2D eigenvalue weighted by molar-refractivity contribution is 7.46. The van der Waals surface area contributed by atoms with E-state index in [-0.39, 0.29) is 0 Å². The summed E-state index contributed by atoms with van der Waals surface area (Å²) in [5, 5.41) is 3.25. The number of azide groups is 1. The molecule has 0 aromatic heterocycles. The van der Waals surface area contributed by atoms with E-state index in [1.807, 2.05) is 0 Å². The monoisotopic (exact) mass is 411 g/mol. The van der Waals surface area contributed by atoms with Crippen molar-refractivity contribution in [2.45, 2.75) is 51.5 Å². The van der Waals surface area contributed by atoms with E-state index in [4.69, 9.17) is 34.3 Å². The van der Waals surface area contributed by atoms with Crippen molar-refractivity contribution in [3.63, 3.8) is 0 Å². The summed E-state index contributed by atoms with van der Waals surface area (Å²) in [5.74, 6) is -2.63. The lowest BCUT2D eigenvalue weighted by Crippen LogP contribution is -2.62. The number of hydrogen-bond acceptors (Lipinski definition) is 10. The summed E-state index contributed by atoms with van der Waals surface area (Å²) < 4.78 is 36.0. The van der Waals surface area contributed by atoms with Gasteiger partial charge in [-0.05, 0) is 5.53 Å². The Labute approximate surface area is 152 Å². The zero-order valence-electron chi connectivity index (χ0n) is 14.5. The molecule has 0 spiro atoms. The maximum atomic E-state index is 11.5. The van der Waals surface area contributed by atoms with Crippen molar-refractivity contribution in [2.24, 2.45) is 5.11 Å². The van der Waals surface area contributed by atoms with Crippen LogP contribution in [0.25, 0.3) is 10.4 Å². The van der Waals surface area contributed by atoms with E-state index in [9.17, 15) is 18.9 Å². The molecule has 0 radical (unpaired) electrons. The number of esters is 3. The molecule has 2 N–H and O–H groups in total. The zero-order valence-corrected chi connectivity index (χ0v) is 15.3. The molecule has 0 aromatic carbocycles. The Hall–Kier alpha value is -2.21. The first kappa shape index (κ1) is 22.8. The molecular weight excluding hydrogens is 393 g/mol. The van der Waals surface area contributed by atoms with Crippen molar-refractivity contribution in [2.75, 3.05) is 6.54 Å². The smallest absolute Gasteiger partial charge is 0.456 e. The molecule has 1 aliphatic heterocycles. The highest BCUT2D eigenvalue weighted by atomic mass is 31.2. The molecule has 0 amide bonds. The second-order valence-corrected chi connectivity index (χ2v) is 6.47. The normalized spacial score (nSPS) is 27.8. The molecule has 0 saturated carbocycles. The SMILES string of the molecule is CC(=O)O[C@@H]1[C@@H](OC(C)=O)[C@@H](OP(=O)(O)O)O[C@H](CN=[N+]=[N-])[C@H]1OC(C)=O. The summed E-state index contributed by atoms with van der Waals surface area (Å²) in [6.07, 6.45) is -7.90. The first-order valence-electron chi connectivity index (χ1n) is 7.36. The molecule has 0 unspecified atom stereocenters. The van der Waals surface area contributed by atoms with Gasteiger partial charge in [0.25, 0.3) is 0 Å². The summed E-state index contributed by atoms with van der Waals surface area (Å²) >= 11 is 0. The number of carbonyl (C=O) groups is 3. The highest BCUT2D eigenvalue weighted by Gasteiger charge is 2.53. The van der Waals surface area contributed by atoms with E-state index in [0.29, 0.717) is 0 Å². The number of nitrogens with zero attached hydrogens (tertiary/aromatic N) is 3. The standard InChI is InChI=1S/C12H18N3O11P/c1-5(16)22-9-8(4-14-15-13)25-12(26-27(19,20)21)11(24-7(3)18)10(9)23-6(2)17/h8-12H,4H2,1-3H3,(H2,19,20,21)/t8-,9-,10+,11-,12-/m1/s1. The quantitative estimate of drug-likeness (QED) is 0.142. The minimum Gasteiger partial charge on any atom is -0.456 e. The molecular formula is C12H18N3O11P. The van der Waals surface area contributed by atoms with Gasteiger partial charge in [0.1, 0.15) is 6.10 Å². The minimum atomic E-state index is -5.14. The van der Waals surface area contributed by atoms with Crippen LogP contribution in [0, 0.1) is 0 Å². The van der Waals surface area contributed by atoms with E-state index >= 15 is 0 Å². The predicted molar refractivity (Wildman–Crippen MR) is 82.5 cm³/mol. The summed E-state index contributed by atoms with van der Waals surface area (Å²) in [6.45, 7) is 2.55. The highest BCUT2D eigenvalue weighted by Crippen LogP contribution is 2.42. The Bertz CT molecular complexity index is 674. The van der Waals surface area contributed by atoms with Crippen LogP contribution in [0.1, 0.15) is 20.8 Å². The summed E-state index contributed by atoms with van der Waals surface area (Å²) in [6, 6.07) is 0. The molecule has 1 rings (SSSR count). The largest absolute Gasteiger partial charge is 0.472 e. The van der Waals surface area contributed by atoms with Crippen molar-refractivity contribution >= 4 is 25.7 Å². The van der Waals surface area contributed by atoms with E-state index in [1.54, 1.807) is 0 Å². The van der Waals surface area contributed by atoms with Gasteiger partial charge in [-0.25, -0.2) is 4.57 Å². The molecule has 5 atom stereocenters. The van der Waals surface area contributed by atoms with Gasteiger partial charge >= 0.3 is 25.7 Å². The van der Waals surface area contributed by atoms with Crippen LogP contribution >= 0.6 is 7.82 Å². The second-order valence-electron chi connectivity index (χ2n) is 5.27. The lowest BCUT2D eigenvalue weighted by molar-refractivity contribution is -0.284. The van der Waals surface area contributed by atoms with Crippen LogP contribution in [0.3, 0.4) is 0 Å². The molecule has 152 valence electrons. The first-order chi connectivity index (χ1) is 12.4. The van der Waals surface area contributed by atoms with Gasteiger partial charge < -0.3 is 28.7 Å². The Morgan fingerprint density at radius 3 is 1.96 bits per heavy atom. The number of ether oxygens (including phenoxy) is 4. The first-order valence-corrected chi connectivity index (χ1v) is 8.89. The van der Waals surface area contributed by atoms with Crippen LogP contribution < -0.4 is 0 Å². The Balaban J connectivity index is 3.37. The number of rotatable bonds is 7. The fourth-order valence-corrected chi connectivity index (χ4v) is 2.78. The minimum absolute atomic E-state index is 0.472. The van der Waals surface area contributed by atoms with Gasteiger partial charge in [-0.15, -0.1) is 0 Å². The van der Waals surface area contributed by atoms with Crippen molar-refractivity contribution < 1.29 is 52.2 Å². The number of phosphoric acid groups is 1. The summed E-state index contributed by atoms with van der Waals surface area (Å²) in [5.41, 5.74) is 8.48. The van der Waals surface area contributed by atoms with E-state index in [0.717, 1.165) is 20.8 Å². The fraction of sp³-hybridized carbons (Fsp3) is 0.750. The van der Waals surface area contributed by atoms with Gasteiger partial charge in [-0.1, -0.05) is 5.11 Å². The molecule has 1 fully saturated rings. The summed E-state index contributed by atoms with van der Waals surface area (Å²) in [7, 11) is -5.14. The van der Waals surface area contributed by atoms with Crippen LogP contribution in [-0.2, 0) is 42.4 Å². The predicted octanol–water partition coefficient (Wildman–Crippen LogP) is -0.0740. The average molecular weight is 411 g/mol. The fourth-order valence-electron chi connectivity index (χ4n) is 2.34. The van der Waals surface area contributed by atoms with Crippen molar-refractivity contribution in [1.82, 2.24) is 0 Å². The molecule has 1 heterocycles. The van der Waals surface area contributed by atoms with Crippen molar-refractivity contribution in [3.05, 3.63) is 10.4 Å². The van der Waals surface area contributed by atoms with Crippen LogP contribution in [-0.4, -0.2) is 64.9 Å². The molecule has 0 aliphatic carbocycles. The van der Waals surface area contributed by atoms with Crippen LogP contribution in [0.15, 0.2) is 5.11 Å². The maximum absolute atomic E-state index is 11.5. The van der Waals surface area contributed by atoms with Gasteiger partial charge in [0, 0.05) is 25.7 Å². The molecule has 14 nitrogen and oxygen atoms in total. The third-order valence-corrected chi connectivity index (χ3v) is 3.55. The molecule has 1 aliphatic rings. The van der Waals surface area contributed by atoms with Crippen LogP contribution in [0.2, 0.25) is 0 Å². The molecule has 15 heteroatoms. The third-order valence-electron chi connectivity index (χ3n) is 3.06. The van der Waals surface area contributed by atoms with Crippen molar-refractivity contribution in [3.8, 4) is 0 Å². The van der Waals surface area contributed by atoms with E-state index < -0.39 is 63.0 Å². The Morgan fingerprint density at radius 2 is 1.52 bits per heavy atom. The lowest BCUT2D eigenvalue weighted by Gasteiger charge is -2.43. The van der Waals surface area contributed by atoms with Crippen LogP contribution in [0.5, 0.6) is 0 Å². The van der Waals surface area contributed by atoms with E-state index in [2.05, 4.69) is 14.5 Å². The Morgan fingerprint density at radius 1 is 1.04 bits per heavy atom. The van der Waals surface area contributed by atoms with Gasteiger partial charge in [0.05, 0.1) is 6.54 Å². The summed E-state index contributed by atoms with van der Waals surface area (Å²) in [4.78, 5) is 54.9. The average Bonchev–Trinajstić information content (AvgIpc) is 2.48. The van der Waals surface area contributed by atoms with Crippen molar-refractivity contribution in [1.29, 1.82) is 0 Å². The Kier molecular flexibility index (Phi) is 8.16. The molecule has 0 aromatic rings. The van der Waals surface area contributed by atoms with Gasteiger partial charge in [-0.3, -0.25) is 18.9 Å². The van der Waals surface area contributed by atoms with Gasteiger partial charge in [0.2, 0.25) is 6.29 Å². The van der Waals surface area contributed by atoms with E-state index in [1.165, 1.54) is 0 Å². The van der Waals surface area contributed by atoms with Gasteiger partial charge in [-0.2, -0.15) is 0 Å². The number of carbonyl (C=O) groups excluding carboxylic acids is 3. The molecule has 27 heavy (non-hydrogen) atoms. The molecule has 0 bridgehead atoms. The zero-order chi connectivity index (χ0) is 20.8. The lowest BCUT2D eigenvalue weighted by atomic mass is 9.98. The van der Waals surface area contributed by atoms with Gasteiger partial charge in [0.15, 0.2) is 18.3 Å². The number of hydrogen-bond donors (Lipinski definition) is 2. The number of phosphoric ester groups is 1.